The van der Waals surface area contributed by atoms with Crippen molar-refractivity contribution < 1.29 is 0 Å². The molecule has 2 rings (SSSR count). The summed E-state index contributed by atoms with van der Waals surface area (Å²) in [6, 6.07) is 7.94. The van der Waals surface area contributed by atoms with Crippen LogP contribution >= 0.6 is 15.9 Å². The Balaban J connectivity index is 2.22. The average Bonchev–Trinajstić information content (AvgIpc) is 2.47. The van der Waals surface area contributed by atoms with Gasteiger partial charge in [0, 0.05) is 23.1 Å². The molecule has 2 unspecified atom stereocenters. The molecule has 3 heteroatoms. The summed E-state index contributed by atoms with van der Waals surface area (Å²) in [4.78, 5) is 2.62. The number of piperidine rings is 1. The van der Waals surface area contributed by atoms with Crippen molar-refractivity contribution in [2.45, 2.75) is 58.0 Å². The number of hydrogen-bond acceptors (Lipinski definition) is 2. The Hall–Kier alpha value is -0.540. The number of nitrogens with one attached hydrogen (secondary N) is 1. The Morgan fingerprint density at radius 1 is 1.40 bits per heavy atom. The van der Waals surface area contributed by atoms with Crippen LogP contribution in [0.1, 0.15) is 57.6 Å². The first-order chi connectivity index (χ1) is 9.67. The molecule has 1 N–H and O–H groups in total. The van der Waals surface area contributed by atoms with Gasteiger partial charge in [-0.25, -0.2) is 0 Å². The minimum atomic E-state index is 0.396. The molecule has 1 aliphatic heterocycles. The maximum Gasteiger partial charge on any atom is 0.0513 e. The molecule has 0 saturated carbocycles. The van der Waals surface area contributed by atoms with Crippen LogP contribution in [0.4, 0.5) is 5.69 Å². The highest BCUT2D eigenvalue weighted by atomic mass is 79.9. The quantitative estimate of drug-likeness (QED) is 0.822. The Kier molecular flexibility index (Phi) is 5.91. The van der Waals surface area contributed by atoms with Crippen molar-refractivity contribution in [1.82, 2.24) is 5.32 Å². The lowest BCUT2D eigenvalue weighted by atomic mass is 9.97. The van der Waals surface area contributed by atoms with Gasteiger partial charge in [-0.3, -0.25) is 0 Å². The lowest BCUT2D eigenvalue weighted by Crippen LogP contribution is -2.39. The smallest absolute Gasteiger partial charge is 0.0513 e. The zero-order chi connectivity index (χ0) is 14.5. The summed E-state index contributed by atoms with van der Waals surface area (Å²) in [5, 5.41) is 3.30. The number of nitrogens with zero attached hydrogens (tertiary/aromatic N) is 1. The van der Waals surface area contributed by atoms with E-state index in [1.807, 2.05) is 7.05 Å². The second kappa shape index (κ2) is 7.46. The van der Waals surface area contributed by atoms with E-state index in [0.717, 1.165) is 6.04 Å². The van der Waals surface area contributed by atoms with Crippen molar-refractivity contribution in [2.24, 2.45) is 0 Å². The Labute approximate surface area is 132 Å². The van der Waals surface area contributed by atoms with Gasteiger partial charge in [0.25, 0.3) is 0 Å². The van der Waals surface area contributed by atoms with E-state index in [1.54, 1.807) is 0 Å². The van der Waals surface area contributed by atoms with Crippen LogP contribution in [0, 0.1) is 0 Å². The lowest BCUT2D eigenvalue weighted by molar-refractivity contribution is 0.434. The molecule has 0 bridgehead atoms. The monoisotopic (exact) mass is 338 g/mol. The van der Waals surface area contributed by atoms with Crippen LogP contribution in [0.15, 0.2) is 22.7 Å². The SMILES string of the molecule is CCCC1CCCCN1c1ccc(C(C)NC)cc1Br. The minimum Gasteiger partial charge on any atom is -0.368 e. The molecule has 0 amide bonds. The van der Waals surface area contributed by atoms with E-state index in [4.69, 9.17) is 0 Å². The van der Waals surface area contributed by atoms with Gasteiger partial charge in [0.05, 0.1) is 5.69 Å². The first kappa shape index (κ1) is 15.8. The lowest BCUT2D eigenvalue weighted by Gasteiger charge is -2.38. The fourth-order valence-corrected chi connectivity index (χ4v) is 3.77. The predicted octanol–water partition coefficient (Wildman–Crippen LogP) is 4.89. The normalized spacial score (nSPS) is 21.0. The van der Waals surface area contributed by atoms with Crippen LogP contribution in [0.5, 0.6) is 0 Å². The van der Waals surface area contributed by atoms with E-state index in [9.17, 15) is 0 Å². The topological polar surface area (TPSA) is 15.3 Å². The van der Waals surface area contributed by atoms with Crippen LogP contribution in [-0.4, -0.2) is 19.6 Å². The van der Waals surface area contributed by atoms with Crippen molar-refractivity contribution in [3.63, 3.8) is 0 Å². The highest BCUT2D eigenvalue weighted by Crippen LogP contribution is 2.34. The molecule has 20 heavy (non-hydrogen) atoms. The molecular weight excluding hydrogens is 312 g/mol. The first-order valence-corrected chi connectivity index (χ1v) is 8.70. The van der Waals surface area contributed by atoms with Gasteiger partial charge >= 0.3 is 0 Å². The minimum absolute atomic E-state index is 0.396. The summed E-state index contributed by atoms with van der Waals surface area (Å²) >= 11 is 3.79. The summed E-state index contributed by atoms with van der Waals surface area (Å²) in [7, 11) is 2.01. The average molecular weight is 339 g/mol. The first-order valence-electron chi connectivity index (χ1n) is 7.90. The molecule has 1 saturated heterocycles. The molecule has 0 radical (unpaired) electrons. The molecular formula is C17H27BrN2. The maximum absolute atomic E-state index is 3.79. The van der Waals surface area contributed by atoms with Crippen molar-refractivity contribution in [1.29, 1.82) is 0 Å². The van der Waals surface area contributed by atoms with Gasteiger partial charge < -0.3 is 10.2 Å². The van der Waals surface area contributed by atoms with Gasteiger partial charge in [0.2, 0.25) is 0 Å². The molecule has 112 valence electrons. The second-order valence-electron chi connectivity index (χ2n) is 5.85. The van der Waals surface area contributed by atoms with Crippen molar-refractivity contribution in [3.05, 3.63) is 28.2 Å². The zero-order valence-corrected chi connectivity index (χ0v) is 14.5. The van der Waals surface area contributed by atoms with E-state index >= 15 is 0 Å². The summed E-state index contributed by atoms with van der Waals surface area (Å²) in [6.45, 7) is 5.69. The Bertz CT molecular complexity index is 431. The molecule has 0 aliphatic carbocycles. The number of anilines is 1. The van der Waals surface area contributed by atoms with Gasteiger partial charge in [-0.2, -0.15) is 0 Å². The van der Waals surface area contributed by atoms with Crippen LogP contribution in [0.25, 0.3) is 0 Å². The second-order valence-corrected chi connectivity index (χ2v) is 6.71. The summed E-state index contributed by atoms with van der Waals surface area (Å²) in [6.07, 6.45) is 6.62. The third-order valence-electron chi connectivity index (χ3n) is 4.46. The molecule has 1 aromatic rings. The largest absolute Gasteiger partial charge is 0.368 e. The summed E-state index contributed by atoms with van der Waals surface area (Å²) in [5.74, 6) is 0. The van der Waals surface area contributed by atoms with Gasteiger partial charge in [0.1, 0.15) is 0 Å². The zero-order valence-electron chi connectivity index (χ0n) is 13.0. The Morgan fingerprint density at radius 2 is 2.20 bits per heavy atom. The number of benzene rings is 1. The van der Waals surface area contributed by atoms with E-state index in [0.29, 0.717) is 6.04 Å². The highest BCUT2D eigenvalue weighted by molar-refractivity contribution is 9.10. The molecule has 2 nitrogen and oxygen atoms in total. The molecule has 1 fully saturated rings. The fraction of sp³-hybridized carbons (Fsp3) is 0.647. The van der Waals surface area contributed by atoms with Crippen LogP contribution in [-0.2, 0) is 0 Å². The van der Waals surface area contributed by atoms with Gasteiger partial charge in [-0.05, 0) is 73.3 Å². The standard InChI is InChI=1S/C17H27BrN2/c1-4-7-15-8-5-6-11-20(15)17-10-9-14(12-16(17)18)13(2)19-3/h9-10,12-13,15,19H,4-8,11H2,1-3H3. The van der Waals surface area contributed by atoms with Gasteiger partial charge in [-0.1, -0.05) is 19.4 Å². The fourth-order valence-electron chi connectivity index (χ4n) is 3.14. The number of halogens is 1. The third kappa shape index (κ3) is 3.56. The molecule has 1 heterocycles. The summed E-state index contributed by atoms with van der Waals surface area (Å²) < 4.78 is 1.24. The molecule has 0 spiro atoms. The third-order valence-corrected chi connectivity index (χ3v) is 5.10. The predicted molar refractivity (Wildman–Crippen MR) is 91.5 cm³/mol. The van der Waals surface area contributed by atoms with E-state index in [1.165, 1.54) is 54.4 Å². The van der Waals surface area contributed by atoms with Crippen molar-refractivity contribution >= 4 is 21.6 Å². The Morgan fingerprint density at radius 3 is 2.85 bits per heavy atom. The highest BCUT2D eigenvalue weighted by Gasteiger charge is 2.23. The molecule has 0 aromatic heterocycles. The van der Waals surface area contributed by atoms with Crippen molar-refractivity contribution in [3.8, 4) is 0 Å². The van der Waals surface area contributed by atoms with E-state index < -0.39 is 0 Å². The van der Waals surface area contributed by atoms with Crippen molar-refractivity contribution in [2.75, 3.05) is 18.5 Å². The van der Waals surface area contributed by atoms with Crippen LogP contribution in [0.3, 0.4) is 0 Å². The number of rotatable bonds is 5. The van der Waals surface area contributed by atoms with E-state index in [-0.39, 0.29) is 0 Å². The molecule has 1 aliphatic rings. The van der Waals surface area contributed by atoms with Gasteiger partial charge in [-0.15, -0.1) is 0 Å². The summed E-state index contributed by atoms with van der Waals surface area (Å²) in [5.41, 5.74) is 2.71. The van der Waals surface area contributed by atoms with E-state index in [2.05, 4.69) is 58.2 Å². The maximum atomic E-state index is 3.79. The van der Waals surface area contributed by atoms with Crippen LogP contribution in [0.2, 0.25) is 0 Å². The van der Waals surface area contributed by atoms with Crippen LogP contribution < -0.4 is 10.2 Å². The molecule has 2 atom stereocenters. The molecule has 1 aromatic carbocycles. The van der Waals surface area contributed by atoms with Gasteiger partial charge in [0.15, 0.2) is 0 Å². The number of hydrogen-bond donors (Lipinski definition) is 1.